The van der Waals surface area contributed by atoms with Crippen LogP contribution < -0.4 is 5.32 Å². The first-order valence-electron chi connectivity index (χ1n) is 10.8. The highest BCUT2D eigenvalue weighted by Gasteiger charge is 2.46. The van der Waals surface area contributed by atoms with Crippen LogP contribution in [0.1, 0.15) is 31.7 Å². The quantitative estimate of drug-likeness (QED) is 0.812. The average Bonchev–Trinajstić information content (AvgIpc) is 3.50. The molecule has 0 bridgehead atoms. The van der Waals surface area contributed by atoms with E-state index >= 15 is 0 Å². The summed E-state index contributed by atoms with van der Waals surface area (Å²) in [4.78, 5) is 27.6. The van der Waals surface area contributed by atoms with Gasteiger partial charge in [0.25, 0.3) is 0 Å². The van der Waals surface area contributed by atoms with E-state index in [1.807, 2.05) is 35.2 Å². The molecule has 1 N–H and O–H groups in total. The zero-order valence-corrected chi connectivity index (χ0v) is 17.7. The van der Waals surface area contributed by atoms with E-state index in [1.165, 1.54) is 12.1 Å². The second kappa shape index (κ2) is 8.21. The van der Waals surface area contributed by atoms with E-state index in [9.17, 15) is 14.0 Å². The molecule has 4 nitrogen and oxygen atoms in total. The maximum Gasteiger partial charge on any atom is 0.226 e. The van der Waals surface area contributed by atoms with Crippen LogP contribution in [0.3, 0.4) is 0 Å². The summed E-state index contributed by atoms with van der Waals surface area (Å²) in [5.41, 5.74) is 2.23. The van der Waals surface area contributed by atoms with Crippen molar-refractivity contribution >= 4 is 11.8 Å². The van der Waals surface area contributed by atoms with Crippen molar-refractivity contribution in [2.24, 2.45) is 17.3 Å². The lowest BCUT2D eigenvalue weighted by Gasteiger charge is -2.41. The number of halogens is 1. The van der Waals surface area contributed by atoms with Crippen molar-refractivity contribution in [3.05, 3.63) is 59.9 Å². The van der Waals surface area contributed by atoms with E-state index in [2.05, 4.69) is 12.2 Å². The molecule has 1 aliphatic heterocycles. The van der Waals surface area contributed by atoms with E-state index in [1.54, 1.807) is 13.1 Å². The first kappa shape index (κ1) is 20.6. The van der Waals surface area contributed by atoms with Gasteiger partial charge in [0.2, 0.25) is 11.8 Å². The van der Waals surface area contributed by atoms with Crippen LogP contribution in [0.2, 0.25) is 0 Å². The number of carbonyl (C=O) groups is 2. The Balaban J connectivity index is 1.58. The minimum absolute atomic E-state index is 0.0171. The summed E-state index contributed by atoms with van der Waals surface area (Å²) in [6, 6.07) is 14.5. The van der Waals surface area contributed by atoms with Crippen molar-refractivity contribution in [2.45, 2.75) is 32.6 Å². The number of likely N-dealkylation sites (tertiary alicyclic amines) is 1. The number of benzene rings is 2. The highest BCUT2D eigenvalue weighted by atomic mass is 19.1. The van der Waals surface area contributed by atoms with Gasteiger partial charge in [0, 0.05) is 26.1 Å². The molecule has 30 heavy (non-hydrogen) atoms. The molecule has 2 amide bonds. The molecule has 0 spiro atoms. The van der Waals surface area contributed by atoms with Crippen LogP contribution in [0.25, 0.3) is 11.1 Å². The van der Waals surface area contributed by atoms with Crippen LogP contribution in [0.15, 0.2) is 48.5 Å². The molecule has 1 aliphatic carbocycles. The molecular weight excluding hydrogens is 379 g/mol. The van der Waals surface area contributed by atoms with E-state index in [0.29, 0.717) is 38.3 Å². The van der Waals surface area contributed by atoms with Crippen molar-refractivity contribution in [1.82, 2.24) is 10.2 Å². The molecule has 4 rings (SSSR count). The standard InChI is InChI=1S/C25H29FN2O2/c1-17-14-22(17)23(29)28-12-10-25(11-13-28,24(30)27-2)16-19-6-3-4-9-21(19)18-7-5-8-20(26)15-18/h3-9,15,17,22H,10-14,16H2,1-2H3,(H,27,30)/t17-,22-/m1/s1. The van der Waals surface area contributed by atoms with Gasteiger partial charge in [-0.1, -0.05) is 43.3 Å². The summed E-state index contributed by atoms with van der Waals surface area (Å²) in [6.07, 6.45) is 2.83. The number of carbonyl (C=O) groups excluding carboxylic acids is 2. The van der Waals surface area contributed by atoms with Crippen molar-refractivity contribution in [2.75, 3.05) is 20.1 Å². The highest BCUT2D eigenvalue weighted by Crippen LogP contribution is 2.42. The van der Waals surface area contributed by atoms with E-state index in [0.717, 1.165) is 23.1 Å². The maximum absolute atomic E-state index is 13.8. The number of nitrogens with zero attached hydrogens (tertiary/aromatic N) is 1. The van der Waals surface area contributed by atoms with Gasteiger partial charge in [-0.2, -0.15) is 0 Å². The molecule has 2 aromatic carbocycles. The van der Waals surface area contributed by atoms with Gasteiger partial charge < -0.3 is 10.2 Å². The summed E-state index contributed by atoms with van der Waals surface area (Å²) in [5.74, 6) is 0.647. The Hall–Kier alpha value is -2.69. The number of hydrogen-bond acceptors (Lipinski definition) is 2. The van der Waals surface area contributed by atoms with E-state index in [-0.39, 0.29) is 23.5 Å². The zero-order chi connectivity index (χ0) is 21.3. The summed E-state index contributed by atoms with van der Waals surface area (Å²) in [5, 5.41) is 2.85. The second-order valence-electron chi connectivity index (χ2n) is 8.85. The smallest absolute Gasteiger partial charge is 0.226 e. The number of nitrogens with one attached hydrogen (secondary N) is 1. The molecule has 158 valence electrons. The maximum atomic E-state index is 13.8. The summed E-state index contributed by atoms with van der Waals surface area (Å²) >= 11 is 0. The number of rotatable bonds is 5. The Bertz CT molecular complexity index is 950. The first-order valence-corrected chi connectivity index (χ1v) is 10.8. The lowest BCUT2D eigenvalue weighted by atomic mass is 9.72. The van der Waals surface area contributed by atoms with Gasteiger partial charge >= 0.3 is 0 Å². The summed E-state index contributed by atoms with van der Waals surface area (Å²) in [7, 11) is 1.67. The Morgan fingerprint density at radius 3 is 2.47 bits per heavy atom. The third-order valence-electron chi connectivity index (χ3n) is 6.85. The number of piperidine rings is 1. The third kappa shape index (κ3) is 3.98. The van der Waals surface area contributed by atoms with Crippen LogP contribution >= 0.6 is 0 Å². The minimum atomic E-state index is -0.565. The highest BCUT2D eigenvalue weighted by molar-refractivity contribution is 5.85. The summed E-state index contributed by atoms with van der Waals surface area (Å²) in [6.45, 7) is 3.33. The molecule has 2 atom stereocenters. The van der Waals surface area contributed by atoms with Crippen LogP contribution in [-0.2, 0) is 16.0 Å². The Kier molecular flexibility index (Phi) is 5.63. The SMILES string of the molecule is CNC(=O)C1(Cc2ccccc2-c2cccc(F)c2)CCN(C(=O)[C@@H]2C[C@H]2C)CC1. The van der Waals surface area contributed by atoms with Crippen LogP contribution in [0, 0.1) is 23.1 Å². The van der Waals surface area contributed by atoms with Gasteiger partial charge in [0.05, 0.1) is 5.41 Å². The predicted molar refractivity (Wildman–Crippen MR) is 115 cm³/mol. The fourth-order valence-electron chi connectivity index (χ4n) is 4.78. The monoisotopic (exact) mass is 408 g/mol. The molecule has 2 aliphatic rings. The van der Waals surface area contributed by atoms with Crippen molar-refractivity contribution in [1.29, 1.82) is 0 Å². The average molecular weight is 409 g/mol. The second-order valence-corrected chi connectivity index (χ2v) is 8.85. The van der Waals surface area contributed by atoms with Gasteiger partial charge in [-0.05, 0) is 60.4 Å². The van der Waals surface area contributed by atoms with Crippen LogP contribution in [0.4, 0.5) is 4.39 Å². The molecule has 5 heteroatoms. The molecule has 0 aromatic heterocycles. The Morgan fingerprint density at radius 1 is 1.13 bits per heavy atom. The zero-order valence-electron chi connectivity index (χ0n) is 17.7. The number of amides is 2. The van der Waals surface area contributed by atoms with E-state index < -0.39 is 5.41 Å². The van der Waals surface area contributed by atoms with Gasteiger partial charge in [-0.25, -0.2) is 4.39 Å². The van der Waals surface area contributed by atoms with Gasteiger partial charge in [0.1, 0.15) is 5.82 Å². The predicted octanol–water partition coefficient (Wildman–Crippen LogP) is 4.05. The van der Waals surface area contributed by atoms with Crippen molar-refractivity contribution in [3.8, 4) is 11.1 Å². The Morgan fingerprint density at radius 2 is 1.83 bits per heavy atom. The van der Waals surface area contributed by atoms with Crippen molar-refractivity contribution < 1.29 is 14.0 Å². The van der Waals surface area contributed by atoms with Crippen molar-refractivity contribution in [3.63, 3.8) is 0 Å². The number of hydrogen-bond donors (Lipinski definition) is 1. The third-order valence-corrected chi connectivity index (χ3v) is 6.85. The molecule has 0 radical (unpaired) electrons. The fraction of sp³-hybridized carbons (Fsp3) is 0.440. The molecule has 0 unspecified atom stereocenters. The van der Waals surface area contributed by atoms with Crippen LogP contribution in [-0.4, -0.2) is 36.9 Å². The van der Waals surface area contributed by atoms with Gasteiger partial charge in [0.15, 0.2) is 0 Å². The lowest BCUT2D eigenvalue weighted by Crippen LogP contribution is -2.51. The summed E-state index contributed by atoms with van der Waals surface area (Å²) < 4.78 is 13.8. The van der Waals surface area contributed by atoms with E-state index in [4.69, 9.17) is 0 Å². The topological polar surface area (TPSA) is 49.4 Å². The largest absolute Gasteiger partial charge is 0.359 e. The molecular formula is C25H29FN2O2. The Labute approximate surface area is 177 Å². The molecule has 1 saturated carbocycles. The van der Waals surface area contributed by atoms with Gasteiger partial charge in [-0.3, -0.25) is 9.59 Å². The molecule has 2 aromatic rings. The molecule has 1 heterocycles. The molecule has 1 saturated heterocycles. The minimum Gasteiger partial charge on any atom is -0.359 e. The first-order chi connectivity index (χ1) is 14.4. The lowest BCUT2D eigenvalue weighted by molar-refractivity contribution is -0.141. The van der Waals surface area contributed by atoms with Gasteiger partial charge in [-0.15, -0.1) is 0 Å². The van der Waals surface area contributed by atoms with Crippen LogP contribution in [0.5, 0.6) is 0 Å². The normalized spacial score (nSPS) is 22.4. The molecule has 2 fully saturated rings. The fourth-order valence-corrected chi connectivity index (χ4v) is 4.78.